The van der Waals surface area contributed by atoms with Crippen molar-refractivity contribution < 1.29 is 4.79 Å². The zero-order valence-electron chi connectivity index (χ0n) is 12.0. The molecule has 3 atom stereocenters. The lowest BCUT2D eigenvalue weighted by molar-refractivity contribution is -0.137. The second kappa shape index (κ2) is 6.55. The molecular formula is C15H28N2O. The maximum Gasteiger partial charge on any atom is 0.225 e. The molecule has 2 fully saturated rings. The van der Waals surface area contributed by atoms with Crippen molar-refractivity contribution >= 4 is 5.91 Å². The van der Waals surface area contributed by atoms with Crippen molar-refractivity contribution in [1.29, 1.82) is 0 Å². The molecule has 1 saturated heterocycles. The molecule has 0 radical (unpaired) electrons. The van der Waals surface area contributed by atoms with E-state index < -0.39 is 0 Å². The molecule has 1 heterocycles. The van der Waals surface area contributed by atoms with Gasteiger partial charge in [-0.05, 0) is 57.5 Å². The smallest absolute Gasteiger partial charge is 0.225 e. The Bertz CT molecular complexity index is 274. The summed E-state index contributed by atoms with van der Waals surface area (Å²) in [7, 11) is 0. The van der Waals surface area contributed by atoms with E-state index in [9.17, 15) is 4.79 Å². The molecule has 18 heavy (non-hydrogen) atoms. The molecular weight excluding hydrogens is 224 g/mol. The lowest BCUT2D eigenvalue weighted by atomic mass is 9.94. The van der Waals surface area contributed by atoms with Crippen LogP contribution in [0.25, 0.3) is 0 Å². The summed E-state index contributed by atoms with van der Waals surface area (Å²) in [6, 6.07) is 0. The number of nitrogens with one attached hydrogen (secondary N) is 1. The third-order valence-corrected chi connectivity index (χ3v) is 4.75. The number of piperidine rings is 1. The summed E-state index contributed by atoms with van der Waals surface area (Å²) in [6.07, 6.45) is 6.12. The minimum atomic E-state index is 0.307. The molecule has 2 aliphatic rings. The van der Waals surface area contributed by atoms with E-state index in [0.29, 0.717) is 23.7 Å². The van der Waals surface area contributed by atoms with Gasteiger partial charge in [0, 0.05) is 19.0 Å². The molecule has 1 N–H and O–H groups in total. The van der Waals surface area contributed by atoms with Crippen molar-refractivity contribution in [3.05, 3.63) is 0 Å². The van der Waals surface area contributed by atoms with Gasteiger partial charge in [0.1, 0.15) is 0 Å². The van der Waals surface area contributed by atoms with Crippen LogP contribution in [0.3, 0.4) is 0 Å². The van der Waals surface area contributed by atoms with E-state index in [1.807, 2.05) is 0 Å². The van der Waals surface area contributed by atoms with Gasteiger partial charge in [-0.25, -0.2) is 0 Å². The van der Waals surface area contributed by atoms with Crippen LogP contribution in [0, 0.1) is 17.8 Å². The van der Waals surface area contributed by atoms with Crippen molar-refractivity contribution in [2.24, 2.45) is 17.8 Å². The van der Waals surface area contributed by atoms with Crippen LogP contribution in [0.2, 0.25) is 0 Å². The van der Waals surface area contributed by atoms with Gasteiger partial charge >= 0.3 is 0 Å². The zero-order valence-corrected chi connectivity index (χ0v) is 12.0. The Kier molecular flexibility index (Phi) is 5.04. The molecule has 0 spiro atoms. The topological polar surface area (TPSA) is 32.3 Å². The minimum Gasteiger partial charge on any atom is -0.342 e. The lowest BCUT2D eigenvalue weighted by Gasteiger charge is -2.32. The van der Waals surface area contributed by atoms with Gasteiger partial charge in [0.15, 0.2) is 0 Å². The quantitative estimate of drug-likeness (QED) is 0.832. The van der Waals surface area contributed by atoms with Crippen LogP contribution in [0.4, 0.5) is 0 Å². The Hall–Kier alpha value is -0.570. The highest BCUT2D eigenvalue weighted by Gasteiger charge is 2.33. The van der Waals surface area contributed by atoms with E-state index in [2.05, 4.69) is 24.1 Å². The molecule has 0 aromatic rings. The molecule has 0 aromatic heterocycles. The fourth-order valence-electron chi connectivity index (χ4n) is 3.51. The van der Waals surface area contributed by atoms with E-state index in [1.165, 1.54) is 25.7 Å². The van der Waals surface area contributed by atoms with Crippen LogP contribution in [0.1, 0.15) is 46.0 Å². The second-order valence-corrected chi connectivity index (χ2v) is 6.10. The van der Waals surface area contributed by atoms with Crippen LogP contribution in [-0.2, 0) is 4.79 Å². The summed E-state index contributed by atoms with van der Waals surface area (Å²) < 4.78 is 0. The third kappa shape index (κ3) is 3.25. The predicted octanol–water partition coefficient (Wildman–Crippen LogP) is 2.27. The highest BCUT2D eigenvalue weighted by Crippen LogP contribution is 2.32. The van der Waals surface area contributed by atoms with Gasteiger partial charge in [-0.3, -0.25) is 4.79 Å². The van der Waals surface area contributed by atoms with Crippen LogP contribution in [0.5, 0.6) is 0 Å². The van der Waals surface area contributed by atoms with E-state index in [4.69, 9.17) is 0 Å². The van der Waals surface area contributed by atoms with Gasteiger partial charge in [0.25, 0.3) is 0 Å². The lowest BCUT2D eigenvalue weighted by Crippen LogP contribution is -2.43. The molecule has 2 rings (SSSR count). The Morgan fingerprint density at radius 3 is 2.67 bits per heavy atom. The highest BCUT2D eigenvalue weighted by molar-refractivity contribution is 5.79. The summed E-state index contributed by atoms with van der Waals surface area (Å²) >= 11 is 0. The summed E-state index contributed by atoms with van der Waals surface area (Å²) in [5, 5.41) is 3.44. The first kappa shape index (κ1) is 13.9. The second-order valence-electron chi connectivity index (χ2n) is 6.10. The molecule has 3 nitrogen and oxygen atoms in total. The third-order valence-electron chi connectivity index (χ3n) is 4.75. The van der Waals surface area contributed by atoms with Crippen LogP contribution in [-0.4, -0.2) is 37.0 Å². The minimum absolute atomic E-state index is 0.307. The van der Waals surface area contributed by atoms with Crippen molar-refractivity contribution in [2.75, 3.05) is 26.2 Å². The molecule has 1 amide bonds. The first-order chi connectivity index (χ1) is 8.72. The van der Waals surface area contributed by atoms with Crippen molar-refractivity contribution in [1.82, 2.24) is 10.2 Å². The summed E-state index contributed by atoms with van der Waals surface area (Å²) in [5.41, 5.74) is 0. The van der Waals surface area contributed by atoms with Crippen LogP contribution < -0.4 is 5.32 Å². The Morgan fingerprint density at radius 2 is 2.11 bits per heavy atom. The van der Waals surface area contributed by atoms with Gasteiger partial charge in [-0.1, -0.05) is 13.3 Å². The largest absolute Gasteiger partial charge is 0.342 e. The number of carbonyl (C=O) groups is 1. The molecule has 1 aliphatic heterocycles. The number of carbonyl (C=O) groups excluding carboxylic acids is 1. The average Bonchev–Trinajstić information content (AvgIpc) is 2.82. The van der Waals surface area contributed by atoms with Crippen LogP contribution >= 0.6 is 0 Å². The Morgan fingerprint density at radius 1 is 1.28 bits per heavy atom. The molecule has 3 unspecified atom stereocenters. The first-order valence-electron chi connectivity index (χ1n) is 7.72. The summed E-state index contributed by atoms with van der Waals surface area (Å²) in [5.74, 6) is 1.99. The Balaban J connectivity index is 1.88. The fraction of sp³-hybridized carbons (Fsp3) is 0.933. The van der Waals surface area contributed by atoms with E-state index in [0.717, 1.165) is 32.6 Å². The molecule has 3 heteroatoms. The molecule has 1 saturated carbocycles. The average molecular weight is 252 g/mol. The van der Waals surface area contributed by atoms with Gasteiger partial charge in [0.2, 0.25) is 5.91 Å². The first-order valence-corrected chi connectivity index (χ1v) is 7.72. The fourth-order valence-corrected chi connectivity index (χ4v) is 3.51. The van der Waals surface area contributed by atoms with Gasteiger partial charge < -0.3 is 10.2 Å². The SMILES string of the molecule is CCN(CC1CCCNC1)C(=O)C1CCCC1C. The van der Waals surface area contributed by atoms with Gasteiger partial charge in [-0.2, -0.15) is 0 Å². The number of rotatable bonds is 4. The Labute approximate surface area is 111 Å². The maximum atomic E-state index is 12.6. The van der Waals surface area contributed by atoms with Gasteiger partial charge in [0.05, 0.1) is 0 Å². The monoisotopic (exact) mass is 252 g/mol. The molecule has 0 aromatic carbocycles. The van der Waals surface area contributed by atoms with E-state index in [1.54, 1.807) is 0 Å². The maximum absolute atomic E-state index is 12.6. The van der Waals surface area contributed by atoms with Gasteiger partial charge in [-0.15, -0.1) is 0 Å². The predicted molar refractivity (Wildman–Crippen MR) is 74.4 cm³/mol. The number of hydrogen-bond donors (Lipinski definition) is 1. The van der Waals surface area contributed by atoms with Crippen molar-refractivity contribution in [2.45, 2.75) is 46.0 Å². The molecule has 1 aliphatic carbocycles. The normalized spacial score (nSPS) is 32.4. The molecule has 104 valence electrons. The van der Waals surface area contributed by atoms with Crippen molar-refractivity contribution in [3.63, 3.8) is 0 Å². The summed E-state index contributed by atoms with van der Waals surface area (Å²) in [4.78, 5) is 14.7. The zero-order chi connectivity index (χ0) is 13.0. The molecule has 0 bridgehead atoms. The highest BCUT2D eigenvalue weighted by atomic mass is 16.2. The summed E-state index contributed by atoms with van der Waals surface area (Å²) in [6.45, 7) is 8.43. The standard InChI is InChI=1S/C15H28N2O/c1-3-17(11-13-7-5-9-16-10-13)15(18)14-8-4-6-12(14)2/h12-14,16H,3-11H2,1-2H3. The number of hydrogen-bond acceptors (Lipinski definition) is 2. The van der Waals surface area contributed by atoms with Crippen molar-refractivity contribution in [3.8, 4) is 0 Å². The van der Waals surface area contributed by atoms with E-state index >= 15 is 0 Å². The van der Waals surface area contributed by atoms with E-state index in [-0.39, 0.29) is 0 Å². The number of amides is 1. The van der Waals surface area contributed by atoms with Crippen LogP contribution in [0.15, 0.2) is 0 Å². The number of nitrogens with zero attached hydrogens (tertiary/aromatic N) is 1.